The van der Waals surface area contributed by atoms with Crippen LogP contribution in [0.25, 0.3) is 0 Å². The van der Waals surface area contributed by atoms with Crippen molar-refractivity contribution >= 4 is 0 Å². The van der Waals surface area contributed by atoms with Gasteiger partial charge in [0.15, 0.2) is 0 Å². The Hall–Kier alpha value is -1.10. The molecular formula is C22H30N2O2. The van der Waals surface area contributed by atoms with Crippen molar-refractivity contribution in [2.45, 2.75) is 67.5 Å². The Morgan fingerprint density at radius 3 is 2.88 bits per heavy atom. The van der Waals surface area contributed by atoms with Crippen LogP contribution in [0.1, 0.15) is 49.7 Å². The first kappa shape index (κ1) is 15.9. The Kier molecular flexibility index (Phi) is 3.08. The zero-order valence-corrected chi connectivity index (χ0v) is 15.8. The van der Waals surface area contributed by atoms with Gasteiger partial charge in [0, 0.05) is 23.5 Å². The fraction of sp³-hybridized carbons (Fsp3) is 0.727. The molecule has 3 aliphatic carbocycles. The monoisotopic (exact) mass is 354 g/mol. The molecular weight excluding hydrogens is 324 g/mol. The van der Waals surface area contributed by atoms with Crippen molar-refractivity contribution in [3.63, 3.8) is 0 Å². The largest absolute Gasteiger partial charge is 0.497 e. The Bertz CT molecular complexity index is 751. The molecule has 26 heavy (non-hydrogen) atoms. The predicted molar refractivity (Wildman–Crippen MR) is 101 cm³/mol. The first-order chi connectivity index (χ1) is 12.6. The van der Waals surface area contributed by atoms with E-state index in [4.69, 9.17) is 15.2 Å². The second kappa shape index (κ2) is 5.03. The molecule has 7 rings (SSSR count). The standard InChI is InChI=1S/C22H30N2O2/c1-25-17-5-4-16-10-19-22-7-6-20(23,14-26-22)13-21(22,18(16)11-17)8-9-24(19)12-15-2-3-15/h4-5,11,15,19H,2-3,6-10,12-14,23H2,1H3/t19-,20?,21-,22-/m1/s1. The van der Waals surface area contributed by atoms with Crippen LogP contribution >= 0.6 is 0 Å². The van der Waals surface area contributed by atoms with Crippen LogP contribution in [0.4, 0.5) is 0 Å². The van der Waals surface area contributed by atoms with E-state index in [1.165, 1.54) is 43.5 Å². The normalized spacial score (nSPS) is 43.7. The number of hydrogen-bond donors (Lipinski definition) is 1. The van der Waals surface area contributed by atoms with E-state index in [2.05, 4.69) is 23.1 Å². The molecule has 6 aliphatic rings. The van der Waals surface area contributed by atoms with E-state index < -0.39 is 0 Å². The lowest BCUT2D eigenvalue weighted by Crippen LogP contribution is -2.80. The third-order valence-corrected chi connectivity index (χ3v) is 8.32. The number of rotatable bonds is 3. The lowest BCUT2D eigenvalue weighted by molar-refractivity contribution is -0.258. The van der Waals surface area contributed by atoms with Crippen molar-refractivity contribution in [1.82, 2.24) is 4.90 Å². The van der Waals surface area contributed by atoms with E-state index in [0.717, 1.165) is 44.0 Å². The second-order valence-corrected chi connectivity index (χ2v) is 9.73. The highest BCUT2D eigenvalue weighted by molar-refractivity contribution is 5.50. The Labute approximate surface area is 156 Å². The predicted octanol–water partition coefficient (Wildman–Crippen LogP) is 2.62. The molecule has 0 amide bonds. The molecule has 1 spiro atoms. The zero-order chi connectivity index (χ0) is 17.6. The van der Waals surface area contributed by atoms with Gasteiger partial charge in [-0.15, -0.1) is 0 Å². The number of piperidine rings is 1. The molecule has 4 bridgehead atoms. The van der Waals surface area contributed by atoms with E-state index in [1.807, 2.05) is 0 Å². The van der Waals surface area contributed by atoms with Crippen LogP contribution in [0, 0.1) is 5.92 Å². The van der Waals surface area contributed by atoms with Crippen molar-refractivity contribution in [3.05, 3.63) is 29.3 Å². The lowest BCUT2D eigenvalue weighted by Gasteiger charge is -2.71. The summed E-state index contributed by atoms with van der Waals surface area (Å²) in [5, 5.41) is 0. The summed E-state index contributed by atoms with van der Waals surface area (Å²) in [6, 6.07) is 7.26. The number of likely N-dealkylation sites (tertiary alicyclic amines) is 1. The van der Waals surface area contributed by atoms with Crippen molar-refractivity contribution in [3.8, 4) is 5.75 Å². The van der Waals surface area contributed by atoms with Gasteiger partial charge in [0.2, 0.25) is 0 Å². The molecule has 1 unspecified atom stereocenters. The number of methoxy groups -OCH3 is 1. The zero-order valence-electron chi connectivity index (χ0n) is 15.8. The van der Waals surface area contributed by atoms with Gasteiger partial charge in [0.25, 0.3) is 0 Å². The fourth-order valence-electron chi connectivity index (χ4n) is 6.90. The van der Waals surface area contributed by atoms with Gasteiger partial charge in [0.1, 0.15) is 5.75 Å². The molecule has 5 fully saturated rings. The lowest BCUT2D eigenvalue weighted by atomic mass is 9.45. The summed E-state index contributed by atoms with van der Waals surface area (Å²) >= 11 is 0. The summed E-state index contributed by atoms with van der Waals surface area (Å²) in [6.45, 7) is 3.20. The molecule has 4 heteroatoms. The number of fused-ring (bicyclic) bond motifs is 3. The van der Waals surface area contributed by atoms with Crippen LogP contribution < -0.4 is 10.5 Å². The number of nitrogens with two attached hydrogens (primary N) is 1. The molecule has 1 aromatic rings. The van der Waals surface area contributed by atoms with Crippen LogP contribution in [0.15, 0.2) is 18.2 Å². The minimum atomic E-state index is -0.150. The maximum Gasteiger partial charge on any atom is 0.119 e. The van der Waals surface area contributed by atoms with Crippen LogP contribution in [0.3, 0.4) is 0 Å². The molecule has 2 saturated carbocycles. The maximum absolute atomic E-state index is 6.81. The van der Waals surface area contributed by atoms with E-state index >= 15 is 0 Å². The minimum Gasteiger partial charge on any atom is -0.497 e. The Morgan fingerprint density at radius 1 is 1.27 bits per heavy atom. The van der Waals surface area contributed by atoms with E-state index in [1.54, 1.807) is 7.11 Å². The first-order valence-corrected chi connectivity index (χ1v) is 10.4. The highest BCUT2D eigenvalue weighted by Gasteiger charge is 2.70. The Balaban J connectivity index is 1.52. The van der Waals surface area contributed by atoms with Gasteiger partial charge in [0.05, 0.1) is 19.3 Å². The van der Waals surface area contributed by atoms with Gasteiger partial charge in [-0.1, -0.05) is 6.07 Å². The minimum absolute atomic E-state index is 0.0410. The molecule has 3 saturated heterocycles. The second-order valence-electron chi connectivity index (χ2n) is 9.73. The summed E-state index contributed by atoms with van der Waals surface area (Å²) in [7, 11) is 1.77. The average molecular weight is 354 g/mol. The molecule has 0 aromatic heterocycles. The highest BCUT2D eigenvalue weighted by Crippen LogP contribution is 2.64. The molecule has 1 aromatic carbocycles. The van der Waals surface area contributed by atoms with Crippen LogP contribution in [-0.2, 0) is 16.6 Å². The van der Waals surface area contributed by atoms with Gasteiger partial charge < -0.3 is 15.2 Å². The summed E-state index contributed by atoms with van der Waals surface area (Å²) in [6.07, 6.45) is 8.44. The molecule has 2 N–H and O–H groups in total. The van der Waals surface area contributed by atoms with E-state index in [9.17, 15) is 0 Å². The maximum atomic E-state index is 6.81. The number of benzene rings is 1. The average Bonchev–Trinajstić information content (AvgIpc) is 3.47. The molecule has 4 atom stereocenters. The number of ether oxygens (including phenoxy) is 2. The fourth-order valence-corrected chi connectivity index (χ4v) is 6.90. The van der Waals surface area contributed by atoms with Crippen LogP contribution in [0.2, 0.25) is 0 Å². The highest BCUT2D eigenvalue weighted by atomic mass is 16.5. The number of nitrogens with zero attached hydrogens (tertiary/aromatic N) is 1. The molecule has 3 aliphatic heterocycles. The van der Waals surface area contributed by atoms with Crippen molar-refractivity contribution in [2.24, 2.45) is 11.7 Å². The van der Waals surface area contributed by atoms with E-state index in [-0.39, 0.29) is 16.6 Å². The van der Waals surface area contributed by atoms with Crippen molar-refractivity contribution < 1.29 is 9.47 Å². The smallest absolute Gasteiger partial charge is 0.119 e. The van der Waals surface area contributed by atoms with Crippen LogP contribution in [-0.4, -0.2) is 48.9 Å². The summed E-state index contributed by atoms with van der Waals surface area (Å²) in [5.41, 5.74) is 9.68. The Morgan fingerprint density at radius 2 is 2.15 bits per heavy atom. The SMILES string of the molecule is COc1ccc2c(c1)[C@]13CCN(CC4CC4)[C@H](C2)[C@]12CCC(N)(CO2)C3. The summed E-state index contributed by atoms with van der Waals surface area (Å²) in [5.74, 6) is 1.90. The third-order valence-electron chi connectivity index (χ3n) is 8.32. The molecule has 4 nitrogen and oxygen atoms in total. The molecule has 140 valence electrons. The van der Waals surface area contributed by atoms with Crippen LogP contribution in [0.5, 0.6) is 5.75 Å². The van der Waals surface area contributed by atoms with Gasteiger partial charge in [-0.2, -0.15) is 0 Å². The first-order valence-electron chi connectivity index (χ1n) is 10.4. The van der Waals surface area contributed by atoms with Gasteiger partial charge in [-0.25, -0.2) is 0 Å². The third kappa shape index (κ3) is 1.91. The molecule has 0 radical (unpaired) electrons. The summed E-state index contributed by atoms with van der Waals surface area (Å²) < 4.78 is 12.4. The van der Waals surface area contributed by atoms with E-state index in [0.29, 0.717) is 6.04 Å². The number of hydrogen-bond acceptors (Lipinski definition) is 4. The van der Waals surface area contributed by atoms with Gasteiger partial charge >= 0.3 is 0 Å². The van der Waals surface area contributed by atoms with Crippen molar-refractivity contribution in [2.75, 3.05) is 26.8 Å². The van der Waals surface area contributed by atoms with Crippen molar-refractivity contribution in [1.29, 1.82) is 0 Å². The quantitative estimate of drug-likeness (QED) is 0.906. The van der Waals surface area contributed by atoms with Gasteiger partial charge in [-0.05, 0) is 80.7 Å². The van der Waals surface area contributed by atoms with Gasteiger partial charge in [-0.3, -0.25) is 4.90 Å². The summed E-state index contributed by atoms with van der Waals surface area (Å²) in [4.78, 5) is 2.79. The molecule has 3 heterocycles. The topological polar surface area (TPSA) is 47.7 Å².